The van der Waals surface area contributed by atoms with Gasteiger partial charge in [-0.15, -0.1) is 13.2 Å². The summed E-state index contributed by atoms with van der Waals surface area (Å²) in [6.45, 7) is 7.53. The highest BCUT2D eigenvalue weighted by atomic mass is 15.0. The molecule has 2 unspecified atom stereocenters. The van der Waals surface area contributed by atoms with Gasteiger partial charge in [0.2, 0.25) is 0 Å². The molecule has 0 radical (unpaired) electrons. The molecule has 1 saturated heterocycles. The van der Waals surface area contributed by atoms with Crippen LogP contribution in [-0.2, 0) is 0 Å². The SMILES string of the molecule is C=CCC1CCCC(C=C)N1. The summed E-state index contributed by atoms with van der Waals surface area (Å²) in [6, 6.07) is 1.18. The van der Waals surface area contributed by atoms with Crippen molar-refractivity contribution in [2.24, 2.45) is 0 Å². The van der Waals surface area contributed by atoms with Gasteiger partial charge < -0.3 is 5.32 Å². The van der Waals surface area contributed by atoms with E-state index in [-0.39, 0.29) is 0 Å². The molecule has 1 rings (SSSR count). The first kappa shape index (κ1) is 8.54. The third kappa shape index (κ3) is 2.51. The van der Waals surface area contributed by atoms with Crippen LogP contribution in [-0.4, -0.2) is 12.1 Å². The fraction of sp³-hybridized carbons (Fsp3) is 0.600. The molecule has 11 heavy (non-hydrogen) atoms. The average Bonchev–Trinajstić information content (AvgIpc) is 2.06. The molecule has 0 amide bonds. The highest BCUT2D eigenvalue weighted by Crippen LogP contribution is 2.15. The lowest BCUT2D eigenvalue weighted by atomic mass is 9.97. The van der Waals surface area contributed by atoms with E-state index in [1.807, 2.05) is 12.2 Å². The Morgan fingerprint density at radius 2 is 2.18 bits per heavy atom. The molecule has 2 atom stereocenters. The maximum atomic E-state index is 3.79. The van der Waals surface area contributed by atoms with Crippen molar-refractivity contribution in [3.63, 3.8) is 0 Å². The molecular formula is C10H17N. The molecule has 0 aliphatic carbocycles. The molecule has 1 heterocycles. The van der Waals surface area contributed by atoms with Gasteiger partial charge >= 0.3 is 0 Å². The lowest BCUT2D eigenvalue weighted by Gasteiger charge is -2.28. The minimum Gasteiger partial charge on any atom is -0.307 e. The largest absolute Gasteiger partial charge is 0.307 e. The van der Waals surface area contributed by atoms with Crippen molar-refractivity contribution in [1.82, 2.24) is 5.32 Å². The molecule has 0 aromatic rings. The zero-order chi connectivity index (χ0) is 8.10. The third-order valence-corrected chi connectivity index (χ3v) is 2.25. The molecule has 0 bridgehead atoms. The first-order valence-corrected chi connectivity index (χ1v) is 4.36. The average molecular weight is 151 g/mol. The number of piperidine rings is 1. The molecule has 0 aromatic carbocycles. The van der Waals surface area contributed by atoms with Crippen LogP contribution in [0, 0.1) is 0 Å². The Bertz CT molecular complexity index is 140. The van der Waals surface area contributed by atoms with Crippen LogP contribution in [0.3, 0.4) is 0 Å². The van der Waals surface area contributed by atoms with Crippen LogP contribution in [0.25, 0.3) is 0 Å². The van der Waals surface area contributed by atoms with E-state index in [2.05, 4.69) is 18.5 Å². The van der Waals surface area contributed by atoms with Gasteiger partial charge in [0.1, 0.15) is 0 Å². The van der Waals surface area contributed by atoms with Crippen molar-refractivity contribution in [3.05, 3.63) is 25.3 Å². The summed E-state index contributed by atoms with van der Waals surface area (Å²) >= 11 is 0. The Morgan fingerprint density at radius 1 is 1.36 bits per heavy atom. The topological polar surface area (TPSA) is 12.0 Å². The van der Waals surface area contributed by atoms with Gasteiger partial charge in [0.05, 0.1) is 0 Å². The van der Waals surface area contributed by atoms with Gasteiger partial charge in [-0.1, -0.05) is 18.6 Å². The summed E-state index contributed by atoms with van der Waals surface area (Å²) in [4.78, 5) is 0. The number of hydrogen-bond acceptors (Lipinski definition) is 1. The minimum atomic E-state index is 0.536. The van der Waals surface area contributed by atoms with E-state index >= 15 is 0 Å². The summed E-state index contributed by atoms with van der Waals surface area (Å²) in [6.07, 6.45) is 8.94. The second-order valence-electron chi connectivity index (χ2n) is 3.16. The van der Waals surface area contributed by atoms with Crippen LogP contribution in [0.1, 0.15) is 25.7 Å². The fourth-order valence-electron chi connectivity index (χ4n) is 1.63. The van der Waals surface area contributed by atoms with Crippen LogP contribution in [0.2, 0.25) is 0 Å². The van der Waals surface area contributed by atoms with E-state index < -0.39 is 0 Å². The van der Waals surface area contributed by atoms with Gasteiger partial charge in [0.25, 0.3) is 0 Å². The van der Waals surface area contributed by atoms with Crippen molar-refractivity contribution >= 4 is 0 Å². The molecule has 1 heteroatoms. The summed E-state index contributed by atoms with van der Waals surface area (Å²) in [5, 5.41) is 3.51. The Balaban J connectivity index is 2.32. The number of nitrogens with one attached hydrogen (secondary N) is 1. The first-order valence-electron chi connectivity index (χ1n) is 4.36. The second-order valence-corrected chi connectivity index (χ2v) is 3.16. The predicted octanol–water partition coefficient (Wildman–Crippen LogP) is 2.26. The summed E-state index contributed by atoms with van der Waals surface area (Å²) in [5.41, 5.74) is 0. The van der Waals surface area contributed by atoms with E-state index in [0.717, 1.165) is 6.42 Å². The quantitative estimate of drug-likeness (QED) is 0.610. The molecule has 1 fully saturated rings. The molecule has 0 spiro atoms. The zero-order valence-electron chi connectivity index (χ0n) is 7.05. The number of rotatable bonds is 3. The van der Waals surface area contributed by atoms with Crippen molar-refractivity contribution in [2.45, 2.75) is 37.8 Å². The molecule has 1 aliphatic heterocycles. The van der Waals surface area contributed by atoms with Crippen molar-refractivity contribution in [1.29, 1.82) is 0 Å². The monoisotopic (exact) mass is 151 g/mol. The van der Waals surface area contributed by atoms with E-state index in [4.69, 9.17) is 0 Å². The maximum Gasteiger partial charge on any atom is 0.0250 e. The zero-order valence-corrected chi connectivity index (χ0v) is 7.05. The van der Waals surface area contributed by atoms with E-state index in [1.54, 1.807) is 0 Å². The normalized spacial score (nSPS) is 31.3. The van der Waals surface area contributed by atoms with E-state index in [9.17, 15) is 0 Å². The van der Waals surface area contributed by atoms with Crippen molar-refractivity contribution < 1.29 is 0 Å². The van der Waals surface area contributed by atoms with Crippen molar-refractivity contribution in [3.8, 4) is 0 Å². The van der Waals surface area contributed by atoms with E-state index in [0.29, 0.717) is 12.1 Å². The molecule has 0 saturated carbocycles. The second kappa shape index (κ2) is 4.35. The molecular weight excluding hydrogens is 134 g/mol. The van der Waals surface area contributed by atoms with Crippen LogP contribution in [0.4, 0.5) is 0 Å². The highest BCUT2D eigenvalue weighted by Gasteiger charge is 2.16. The van der Waals surface area contributed by atoms with Gasteiger partial charge in [-0.3, -0.25) is 0 Å². The van der Waals surface area contributed by atoms with Gasteiger partial charge in [-0.2, -0.15) is 0 Å². The Kier molecular flexibility index (Phi) is 3.37. The standard InChI is InChI=1S/C10H17N/c1-3-6-10-8-5-7-9(4-2)11-10/h3-4,9-11H,1-2,5-8H2. The molecule has 0 aromatic heterocycles. The minimum absolute atomic E-state index is 0.536. The van der Waals surface area contributed by atoms with Crippen LogP contribution < -0.4 is 5.32 Å². The van der Waals surface area contributed by atoms with Crippen LogP contribution >= 0.6 is 0 Å². The van der Waals surface area contributed by atoms with Gasteiger partial charge in [-0.25, -0.2) is 0 Å². The van der Waals surface area contributed by atoms with Gasteiger partial charge in [0.15, 0.2) is 0 Å². The fourth-order valence-corrected chi connectivity index (χ4v) is 1.63. The number of hydrogen-bond donors (Lipinski definition) is 1. The van der Waals surface area contributed by atoms with Crippen LogP contribution in [0.5, 0.6) is 0 Å². The van der Waals surface area contributed by atoms with Crippen molar-refractivity contribution in [2.75, 3.05) is 0 Å². The Morgan fingerprint density at radius 3 is 2.82 bits per heavy atom. The summed E-state index contributed by atoms with van der Waals surface area (Å²) in [7, 11) is 0. The van der Waals surface area contributed by atoms with Gasteiger partial charge in [0, 0.05) is 12.1 Å². The smallest absolute Gasteiger partial charge is 0.0250 e. The lowest BCUT2D eigenvalue weighted by Crippen LogP contribution is -2.40. The molecule has 1 aliphatic rings. The lowest BCUT2D eigenvalue weighted by molar-refractivity contribution is 0.358. The van der Waals surface area contributed by atoms with Crippen LogP contribution in [0.15, 0.2) is 25.3 Å². The maximum absolute atomic E-state index is 3.79. The molecule has 1 N–H and O–H groups in total. The molecule has 1 nitrogen and oxygen atoms in total. The highest BCUT2D eigenvalue weighted by molar-refractivity contribution is 4.93. The third-order valence-electron chi connectivity index (χ3n) is 2.25. The van der Waals surface area contributed by atoms with E-state index in [1.165, 1.54) is 19.3 Å². The Labute approximate surface area is 69.2 Å². The summed E-state index contributed by atoms with van der Waals surface area (Å²) in [5.74, 6) is 0. The molecule has 62 valence electrons. The summed E-state index contributed by atoms with van der Waals surface area (Å²) < 4.78 is 0. The Hall–Kier alpha value is -0.560. The first-order chi connectivity index (χ1) is 5.36. The van der Waals surface area contributed by atoms with Gasteiger partial charge in [-0.05, 0) is 19.3 Å². The predicted molar refractivity (Wildman–Crippen MR) is 49.6 cm³/mol.